The highest BCUT2D eigenvalue weighted by Crippen LogP contribution is 2.33. The van der Waals surface area contributed by atoms with Crippen molar-refractivity contribution in [3.8, 4) is 11.5 Å². The lowest BCUT2D eigenvalue weighted by atomic mass is 10.0. The fourth-order valence-corrected chi connectivity index (χ4v) is 2.97. The van der Waals surface area contributed by atoms with Crippen LogP contribution in [0.5, 0.6) is 11.5 Å². The minimum absolute atomic E-state index is 0.661. The number of fused-ring (bicyclic) bond motifs is 1. The summed E-state index contributed by atoms with van der Waals surface area (Å²) >= 11 is 0. The van der Waals surface area contributed by atoms with Crippen LogP contribution in [0.1, 0.15) is 17.2 Å². The molecule has 0 aliphatic heterocycles. The second-order valence-electron chi connectivity index (χ2n) is 5.96. The smallest absolute Gasteiger partial charge is 0.133 e. The zero-order valence-corrected chi connectivity index (χ0v) is 13.7. The number of rotatable bonds is 4. The van der Waals surface area contributed by atoms with Crippen molar-refractivity contribution in [3.63, 3.8) is 0 Å². The molecule has 0 aliphatic rings. The second kappa shape index (κ2) is 6.80. The summed E-state index contributed by atoms with van der Waals surface area (Å²) < 4.78 is 6.10. The van der Waals surface area contributed by atoms with Gasteiger partial charge in [-0.3, -0.25) is 0 Å². The Morgan fingerprint density at radius 2 is 1.32 bits per heavy atom. The zero-order valence-electron chi connectivity index (χ0n) is 13.7. The van der Waals surface area contributed by atoms with Crippen molar-refractivity contribution in [1.82, 2.24) is 0 Å². The van der Waals surface area contributed by atoms with Crippen molar-refractivity contribution in [2.75, 3.05) is 0 Å². The van der Waals surface area contributed by atoms with Gasteiger partial charge in [-0.05, 0) is 34.5 Å². The van der Waals surface area contributed by atoms with Crippen LogP contribution < -0.4 is 4.74 Å². The van der Waals surface area contributed by atoms with Crippen molar-refractivity contribution >= 4 is 10.8 Å². The average molecular weight is 326 g/mol. The Balaban J connectivity index is 1.68. The van der Waals surface area contributed by atoms with Crippen LogP contribution in [0.4, 0.5) is 0 Å². The van der Waals surface area contributed by atoms with Crippen LogP contribution in [0.3, 0.4) is 0 Å². The molecular formula is C23H18O2. The second-order valence-corrected chi connectivity index (χ2v) is 5.96. The molecule has 0 bridgehead atoms. The largest absolute Gasteiger partial charge is 0.457 e. The highest BCUT2D eigenvalue weighted by molar-refractivity contribution is 5.83. The summed E-state index contributed by atoms with van der Waals surface area (Å²) in [6.07, 6.45) is -0.724. The normalized spacial score (nSPS) is 12.0. The van der Waals surface area contributed by atoms with E-state index in [1.807, 2.05) is 84.9 Å². The van der Waals surface area contributed by atoms with Gasteiger partial charge in [0.05, 0.1) is 0 Å². The van der Waals surface area contributed by atoms with Crippen LogP contribution in [0.2, 0.25) is 0 Å². The van der Waals surface area contributed by atoms with Gasteiger partial charge in [0.15, 0.2) is 0 Å². The zero-order chi connectivity index (χ0) is 17.1. The van der Waals surface area contributed by atoms with Crippen molar-refractivity contribution < 1.29 is 9.84 Å². The Labute approximate surface area is 146 Å². The number of ether oxygens (including phenoxy) is 1. The molecule has 4 aromatic carbocycles. The van der Waals surface area contributed by atoms with Gasteiger partial charge >= 0.3 is 0 Å². The van der Waals surface area contributed by atoms with E-state index in [0.717, 1.165) is 22.3 Å². The maximum absolute atomic E-state index is 10.7. The van der Waals surface area contributed by atoms with Crippen molar-refractivity contribution in [3.05, 3.63) is 108 Å². The van der Waals surface area contributed by atoms with Gasteiger partial charge in [-0.1, -0.05) is 78.9 Å². The van der Waals surface area contributed by atoms with E-state index in [4.69, 9.17) is 4.74 Å². The molecule has 0 fully saturated rings. The molecule has 0 radical (unpaired) electrons. The van der Waals surface area contributed by atoms with Crippen molar-refractivity contribution in [2.24, 2.45) is 0 Å². The summed E-state index contributed by atoms with van der Waals surface area (Å²) in [5.74, 6) is 1.42. The minimum atomic E-state index is -0.724. The molecule has 0 spiro atoms. The monoisotopic (exact) mass is 326 g/mol. The topological polar surface area (TPSA) is 29.5 Å². The molecule has 0 saturated carbocycles. The van der Waals surface area contributed by atoms with Crippen molar-refractivity contribution in [2.45, 2.75) is 6.10 Å². The molecule has 0 aliphatic carbocycles. The van der Waals surface area contributed by atoms with E-state index >= 15 is 0 Å². The van der Waals surface area contributed by atoms with E-state index in [2.05, 4.69) is 12.1 Å². The molecule has 1 N–H and O–H groups in total. The Hall–Kier alpha value is -3.10. The summed E-state index contributed by atoms with van der Waals surface area (Å²) in [7, 11) is 0. The maximum atomic E-state index is 10.7. The van der Waals surface area contributed by atoms with Crippen LogP contribution in [-0.4, -0.2) is 5.11 Å². The Kier molecular flexibility index (Phi) is 4.19. The first kappa shape index (κ1) is 15.4. The summed E-state index contributed by atoms with van der Waals surface area (Å²) in [5.41, 5.74) is 1.60. The Bertz CT molecular complexity index is 993. The summed E-state index contributed by atoms with van der Waals surface area (Å²) in [6.45, 7) is 0. The minimum Gasteiger partial charge on any atom is -0.457 e. The quantitative estimate of drug-likeness (QED) is 0.520. The predicted molar refractivity (Wildman–Crippen MR) is 101 cm³/mol. The van der Waals surface area contributed by atoms with Crippen LogP contribution >= 0.6 is 0 Å². The molecule has 1 atom stereocenters. The third-order valence-corrected chi connectivity index (χ3v) is 4.28. The molecule has 0 saturated heterocycles. The van der Waals surface area contributed by atoms with Crippen LogP contribution in [0.25, 0.3) is 10.8 Å². The standard InChI is InChI=1S/C23H18O2/c24-23(18-9-2-1-3-10-18)21-12-6-7-13-22(21)25-20-15-14-17-8-4-5-11-19(17)16-20/h1-16,23-24H. The molecule has 2 heteroatoms. The summed E-state index contributed by atoms with van der Waals surface area (Å²) in [6, 6.07) is 31.4. The number of aliphatic hydroxyl groups is 1. The van der Waals surface area contributed by atoms with Gasteiger partial charge in [0.1, 0.15) is 17.6 Å². The number of hydrogen-bond acceptors (Lipinski definition) is 2. The lowest BCUT2D eigenvalue weighted by molar-refractivity contribution is 0.216. The molecule has 0 aromatic heterocycles. The average Bonchev–Trinajstić information content (AvgIpc) is 2.68. The lowest BCUT2D eigenvalue weighted by Crippen LogP contribution is -2.01. The first-order valence-electron chi connectivity index (χ1n) is 8.30. The first-order valence-corrected chi connectivity index (χ1v) is 8.30. The van der Waals surface area contributed by atoms with Crippen LogP contribution in [-0.2, 0) is 0 Å². The molecule has 122 valence electrons. The molecule has 0 heterocycles. The molecule has 1 unspecified atom stereocenters. The van der Waals surface area contributed by atoms with Gasteiger partial charge in [0, 0.05) is 5.56 Å². The summed E-state index contributed by atoms with van der Waals surface area (Å²) in [4.78, 5) is 0. The van der Waals surface area contributed by atoms with Gasteiger partial charge in [0.25, 0.3) is 0 Å². The highest BCUT2D eigenvalue weighted by atomic mass is 16.5. The van der Waals surface area contributed by atoms with Gasteiger partial charge in [0.2, 0.25) is 0 Å². The van der Waals surface area contributed by atoms with E-state index < -0.39 is 6.10 Å². The van der Waals surface area contributed by atoms with Crippen molar-refractivity contribution in [1.29, 1.82) is 0 Å². The Morgan fingerprint density at radius 1 is 0.640 bits per heavy atom. The molecule has 0 amide bonds. The van der Waals surface area contributed by atoms with E-state index in [0.29, 0.717) is 5.75 Å². The molecular weight excluding hydrogens is 308 g/mol. The fourth-order valence-electron chi connectivity index (χ4n) is 2.97. The van der Waals surface area contributed by atoms with E-state index in [9.17, 15) is 5.11 Å². The number of benzene rings is 4. The van der Waals surface area contributed by atoms with E-state index in [1.165, 1.54) is 5.39 Å². The van der Waals surface area contributed by atoms with Crippen LogP contribution in [0, 0.1) is 0 Å². The molecule has 25 heavy (non-hydrogen) atoms. The number of hydrogen-bond donors (Lipinski definition) is 1. The van der Waals surface area contributed by atoms with Gasteiger partial charge in [-0.2, -0.15) is 0 Å². The fraction of sp³-hybridized carbons (Fsp3) is 0.0435. The van der Waals surface area contributed by atoms with E-state index in [-0.39, 0.29) is 0 Å². The maximum Gasteiger partial charge on any atom is 0.133 e. The summed E-state index contributed by atoms with van der Waals surface area (Å²) in [5, 5.41) is 13.0. The molecule has 2 nitrogen and oxygen atoms in total. The number of para-hydroxylation sites is 1. The lowest BCUT2D eigenvalue weighted by Gasteiger charge is -2.16. The van der Waals surface area contributed by atoms with Gasteiger partial charge in [-0.25, -0.2) is 0 Å². The predicted octanol–water partition coefficient (Wildman–Crippen LogP) is 5.71. The molecule has 4 aromatic rings. The first-order chi connectivity index (χ1) is 12.3. The SMILES string of the molecule is OC(c1ccccc1)c1ccccc1Oc1ccc2ccccc2c1. The van der Waals surface area contributed by atoms with Gasteiger partial charge in [-0.15, -0.1) is 0 Å². The van der Waals surface area contributed by atoms with Crippen LogP contribution in [0.15, 0.2) is 97.1 Å². The molecule has 4 rings (SSSR count). The van der Waals surface area contributed by atoms with Gasteiger partial charge < -0.3 is 9.84 Å². The Morgan fingerprint density at radius 3 is 2.16 bits per heavy atom. The third kappa shape index (κ3) is 3.25. The highest BCUT2D eigenvalue weighted by Gasteiger charge is 2.15. The number of aliphatic hydroxyl groups excluding tert-OH is 1. The third-order valence-electron chi connectivity index (χ3n) is 4.28. The van der Waals surface area contributed by atoms with E-state index in [1.54, 1.807) is 0 Å².